The van der Waals surface area contributed by atoms with Gasteiger partial charge < -0.3 is 19.0 Å². The van der Waals surface area contributed by atoms with E-state index < -0.39 is 17.2 Å². The average molecular weight is 497 g/mol. The van der Waals surface area contributed by atoms with Crippen LogP contribution >= 0.6 is 27.3 Å². The molecule has 0 aliphatic rings. The zero-order valence-corrected chi connectivity index (χ0v) is 18.1. The molecule has 5 aromatic rings. The average Bonchev–Trinajstić information content (AvgIpc) is 3.18. The zero-order valence-electron chi connectivity index (χ0n) is 15.7. The highest BCUT2D eigenvalue weighted by atomic mass is 79.9. The number of halogens is 1. The fourth-order valence-corrected chi connectivity index (χ4v) is 5.26. The molecule has 154 valence electrons. The number of thiophene rings is 1. The Balaban J connectivity index is 1.91. The van der Waals surface area contributed by atoms with Gasteiger partial charge in [0.05, 0.1) is 31.6 Å². The topological polar surface area (TPSA) is 101 Å². The van der Waals surface area contributed by atoms with Gasteiger partial charge in [0, 0.05) is 4.88 Å². The van der Waals surface area contributed by atoms with E-state index in [0.717, 1.165) is 3.79 Å². The maximum absolute atomic E-state index is 13.0. The van der Waals surface area contributed by atoms with Gasteiger partial charge in [-0.2, -0.15) is 0 Å². The van der Waals surface area contributed by atoms with Crippen molar-refractivity contribution in [3.8, 4) is 11.5 Å². The standard InChI is InChI=1S/C23H13BrO6S/c24-16-10-9-15(31-16)17(18-20(25)11-5-1-3-7-13(11)29-22(18)27)19-21(26)12-6-2-4-8-14(12)30-23(19)28/h1-10,17,25-26H. The van der Waals surface area contributed by atoms with Gasteiger partial charge in [-0.15, -0.1) is 11.3 Å². The van der Waals surface area contributed by atoms with Crippen molar-refractivity contribution in [3.63, 3.8) is 0 Å². The molecule has 0 radical (unpaired) electrons. The molecule has 0 amide bonds. The number of fused-ring (bicyclic) bond motifs is 2. The van der Waals surface area contributed by atoms with Gasteiger partial charge in [-0.1, -0.05) is 24.3 Å². The van der Waals surface area contributed by atoms with Gasteiger partial charge in [0.25, 0.3) is 0 Å². The van der Waals surface area contributed by atoms with E-state index in [1.165, 1.54) is 11.3 Å². The molecule has 0 saturated heterocycles. The highest BCUT2D eigenvalue weighted by molar-refractivity contribution is 9.11. The van der Waals surface area contributed by atoms with Gasteiger partial charge >= 0.3 is 11.3 Å². The molecule has 2 N–H and O–H groups in total. The molecule has 0 atom stereocenters. The predicted octanol–water partition coefficient (Wildman–Crippen LogP) is 5.31. The Kier molecular flexibility index (Phi) is 4.68. The van der Waals surface area contributed by atoms with Crippen molar-refractivity contribution in [1.29, 1.82) is 0 Å². The molecule has 0 aliphatic carbocycles. The Labute approximate surface area is 186 Å². The highest BCUT2D eigenvalue weighted by Crippen LogP contribution is 2.44. The van der Waals surface area contributed by atoms with Crippen molar-refractivity contribution < 1.29 is 19.0 Å². The quantitative estimate of drug-likeness (QED) is 0.328. The van der Waals surface area contributed by atoms with Crippen LogP contribution in [0.3, 0.4) is 0 Å². The molecule has 0 spiro atoms. The molecule has 0 bridgehead atoms. The van der Waals surface area contributed by atoms with E-state index in [2.05, 4.69) is 15.9 Å². The third kappa shape index (κ3) is 3.15. The normalized spacial score (nSPS) is 11.5. The van der Waals surface area contributed by atoms with E-state index in [1.54, 1.807) is 60.7 Å². The number of benzene rings is 2. The Morgan fingerprint density at radius 3 is 1.68 bits per heavy atom. The van der Waals surface area contributed by atoms with E-state index in [-0.39, 0.29) is 33.8 Å². The van der Waals surface area contributed by atoms with Crippen LogP contribution in [0, 0.1) is 0 Å². The molecule has 5 rings (SSSR count). The number of aromatic hydroxyl groups is 2. The lowest BCUT2D eigenvalue weighted by Gasteiger charge is -2.18. The molecule has 8 heteroatoms. The lowest BCUT2D eigenvalue weighted by Crippen LogP contribution is -2.20. The monoisotopic (exact) mass is 496 g/mol. The number of hydrogen-bond acceptors (Lipinski definition) is 7. The minimum absolute atomic E-state index is 0.147. The van der Waals surface area contributed by atoms with E-state index in [1.807, 2.05) is 0 Å². The summed E-state index contributed by atoms with van der Waals surface area (Å²) in [7, 11) is 0. The first-order chi connectivity index (χ1) is 15.0. The van der Waals surface area contributed by atoms with Crippen LogP contribution < -0.4 is 11.3 Å². The minimum Gasteiger partial charge on any atom is -0.507 e. The molecule has 3 aromatic heterocycles. The Morgan fingerprint density at radius 2 is 1.23 bits per heavy atom. The molecule has 2 aromatic carbocycles. The summed E-state index contributed by atoms with van der Waals surface area (Å²) in [6, 6.07) is 16.6. The lowest BCUT2D eigenvalue weighted by molar-refractivity contribution is 0.442. The summed E-state index contributed by atoms with van der Waals surface area (Å²) in [5.41, 5.74) is -1.48. The second kappa shape index (κ2) is 7.40. The first kappa shape index (κ1) is 19.6. The van der Waals surface area contributed by atoms with Crippen molar-refractivity contribution in [2.45, 2.75) is 5.92 Å². The van der Waals surface area contributed by atoms with Crippen molar-refractivity contribution in [3.05, 3.63) is 101 Å². The van der Waals surface area contributed by atoms with Gasteiger partial charge in [0.1, 0.15) is 22.7 Å². The van der Waals surface area contributed by atoms with Gasteiger partial charge in [-0.3, -0.25) is 0 Å². The molecule has 0 unspecified atom stereocenters. The van der Waals surface area contributed by atoms with Crippen LogP contribution in [0.25, 0.3) is 21.9 Å². The molecule has 3 heterocycles. The third-order valence-electron chi connectivity index (χ3n) is 5.10. The summed E-state index contributed by atoms with van der Waals surface area (Å²) in [6.45, 7) is 0. The summed E-state index contributed by atoms with van der Waals surface area (Å²) in [5.74, 6) is -1.72. The zero-order chi connectivity index (χ0) is 21.7. The van der Waals surface area contributed by atoms with Crippen LogP contribution in [0.2, 0.25) is 0 Å². The smallest absolute Gasteiger partial charge is 0.344 e. The predicted molar refractivity (Wildman–Crippen MR) is 121 cm³/mol. The SMILES string of the molecule is O=c1oc2ccccc2c(O)c1C(c1ccc(Br)s1)c1c(O)c2ccccc2oc1=O. The molecule has 6 nitrogen and oxygen atoms in total. The summed E-state index contributed by atoms with van der Waals surface area (Å²) in [5, 5.41) is 22.7. The number of hydrogen-bond donors (Lipinski definition) is 2. The fraction of sp³-hybridized carbons (Fsp3) is 0.0435. The van der Waals surface area contributed by atoms with Crippen molar-refractivity contribution >= 4 is 49.2 Å². The van der Waals surface area contributed by atoms with Crippen molar-refractivity contribution in [2.24, 2.45) is 0 Å². The maximum atomic E-state index is 13.0. The number of para-hydroxylation sites is 2. The largest absolute Gasteiger partial charge is 0.507 e. The van der Waals surface area contributed by atoms with E-state index in [4.69, 9.17) is 8.83 Å². The van der Waals surface area contributed by atoms with Gasteiger partial charge in [-0.05, 0) is 52.3 Å². The Morgan fingerprint density at radius 1 is 0.742 bits per heavy atom. The molecule has 0 aliphatic heterocycles. The maximum Gasteiger partial charge on any atom is 0.344 e. The fourth-order valence-electron chi connectivity index (χ4n) is 3.72. The van der Waals surface area contributed by atoms with Crippen LogP contribution in [0.1, 0.15) is 21.9 Å². The Hall–Kier alpha value is -3.36. The summed E-state index contributed by atoms with van der Waals surface area (Å²) < 4.78 is 11.6. The van der Waals surface area contributed by atoms with Crippen LogP contribution in [-0.4, -0.2) is 10.2 Å². The molecule has 31 heavy (non-hydrogen) atoms. The van der Waals surface area contributed by atoms with Crippen molar-refractivity contribution in [1.82, 2.24) is 0 Å². The Bertz CT molecular complexity index is 1480. The lowest BCUT2D eigenvalue weighted by atomic mass is 9.89. The third-order valence-corrected chi connectivity index (χ3v) is 6.78. The minimum atomic E-state index is -1.10. The highest BCUT2D eigenvalue weighted by Gasteiger charge is 2.33. The van der Waals surface area contributed by atoms with Gasteiger partial charge in [0.2, 0.25) is 0 Å². The first-order valence-corrected chi connectivity index (χ1v) is 10.8. The summed E-state index contributed by atoms with van der Waals surface area (Å²) in [6.07, 6.45) is 0. The molecule has 0 fully saturated rings. The molecular formula is C23H13BrO6S. The first-order valence-electron chi connectivity index (χ1n) is 9.20. The second-order valence-electron chi connectivity index (χ2n) is 6.87. The van der Waals surface area contributed by atoms with Crippen molar-refractivity contribution in [2.75, 3.05) is 0 Å². The van der Waals surface area contributed by atoms with Gasteiger partial charge in [0.15, 0.2) is 0 Å². The van der Waals surface area contributed by atoms with Crippen LogP contribution in [0.15, 0.2) is 82.9 Å². The summed E-state index contributed by atoms with van der Waals surface area (Å²) in [4.78, 5) is 26.5. The molecule has 0 saturated carbocycles. The summed E-state index contributed by atoms with van der Waals surface area (Å²) >= 11 is 4.65. The van der Waals surface area contributed by atoms with E-state index >= 15 is 0 Å². The second-order valence-corrected chi connectivity index (χ2v) is 9.37. The van der Waals surface area contributed by atoms with E-state index in [0.29, 0.717) is 15.6 Å². The van der Waals surface area contributed by atoms with Crippen LogP contribution in [-0.2, 0) is 0 Å². The van der Waals surface area contributed by atoms with Crippen LogP contribution in [0.5, 0.6) is 11.5 Å². The van der Waals surface area contributed by atoms with Gasteiger partial charge in [-0.25, -0.2) is 9.59 Å². The number of rotatable bonds is 3. The van der Waals surface area contributed by atoms with E-state index in [9.17, 15) is 19.8 Å². The van der Waals surface area contributed by atoms with Crippen LogP contribution in [0.4, 0.5) is 0 Å². The molecular weight excluding hydrogens is 484 g/mol.